The summed E-state index contributed by atoms with van der Waals surface area (Å²) in [5.74, 6) is 0.900. The van der Waals surface area contributed by atoms with Crippen LogP contribution >= 0.6 is 0 Å². The minimum Gasteiger partial charge on any atom is -0.439 e. The summed E-state index contributed by atoms with van der Waals surface area (Å²) in [5.41, 5.74) is 1.90. The van der Waals surface area contributed by atoms with Crippen molar-refractivity contribution >= 4 is 9.84 Å². The molecule has 1 aromatic heterocycles. The number of hydrogen-bond donors (Lipinski definition) is 1. The van der Waals surface area contributed by atoms with Crippen molar-refractivity contribution in [2.75, 3.05) is 13.3 Å². The number of hydrogen-bond acceptors (Lipinski definition) is 5. The topological polar surface area (TPSA) is 68.3 Å². The van der Waals surface area contributed by atoms with Crippen molar-refractivity contribution in [3.05, 3.63) is 47.7 Å². The summed E-state index contributed by atoms with van der Waals surface area (Å²) >= 11 is 0. The number of pyridine rings is 1. The molecule has 5 nitrogen and oxygen atoms in total. The average Bonchev–Trinajstić information content (AvgIpc) is 2.37. The molecule has 0 radical (unpaired) electrons. The zero-order valence-corrected chi connectivity index (χ0v) is 13.1. The maximum atomic E-state index is 11.6. The van der Waals surface area contributed by atoms with E-state index in [1.807, 2.05) is 26.1 Å². The van der Waals surface area contributed by atoms with Crippen molar-refractivity contribution in [2.45, 2.75) is 18.4 Å². The largest absolute Gasteiger partial charge is 0.439 e. The van der Waals surface area contributed by atoms with Gasteiger partial charge in [-0.3, -0.25) is 0 Å². The molecule has 2 rings (SSSR count). The molecule has 0 saturated carbocycles. The van der Waals surface area contributed by atoms with Crippen molar-refractivity contribution in [1.82, 2.24) is 10.3 Å². The van der Waals surface area contributed by atoms with Crippen LogP contribution in [0.25, 0.3) is 0 Å². The van der Waals surface area contributed by atoms with Crippen molar-refractivity contribution in [2.24, 2.45) is 0 Å². The van der Waals surface area contributed by atoms with Crippen LogP contribution in [0.1, 0.15) is 11.3 Å². The van der Waals surface area contributed by atoms with E-state index < -0.39 is 9.84 Å². The molecule has 0 atom stereocenters. The van der Waals surface area contributed by atoms with Gasteiger partial charge in [-0.15, -0.1) is 0 Å². The molecule has 1 aromatic carbocycles. The Labute approximate surface area is 124 Å². The lowest BCUT2D eigenvalue weighted by Gasteiger charge is -2.09. The van der Waals surface area contributed by atoms with Gasteiger partial charge in [-0.05, 0) is 43.8 Å². The van der Waals surface area contributed by atoms with Gasteiger partial charge in [0.15, 0.2) is 9.84 Å². The van der Waals surface area contributed by atoms with Gasteiger partial charge in [0.2, 0.25) is 5.88 Å². The second-order valence-electron chi connectivity index (χ2n) is 4.83. The SMILES string of the molecule is CNCc1cc(C)nc(Oc2cccc(S(C)(=O)=O)c2)c1. The highest BCUT2D eigenvalue weighted by molar-refractivity contribution is 7.90. The van der Waals surface area contributed by atoms with Crippen LogP contribution < -0.4 is 10.1 Å². The summed E-state index contributed by atoms with van der Waals surface area (Å²) in [7, 11) is -1.39. The standard InChI is InChI=1S/C15H18N2O3S/c1-11-7-12(10-16-2)8-15(17-11)20-13-5-4-6-14(9-13)21(3,18)19/h4-9,16H,10H2,1-3H3. The minimum atomic E-state index is -3.25. The van der Waals surface area contributed by atoms with Crippen LogP contribution in [0.3, 0.4) is 0 Å². The van der Waals surface area contributed by atoms with E-state index in [4.69, 9.17) is 4.74 Å². The number of nitrogens with zero attached hydrogens (tertiary/aromatic N) is 1. The summed E-state index contributed by atoms with van der Waals surface area (Å²) in [5, 5.41) is 3.07. The summed E-state index contributed by atoms with van der Waals surface area (Å²) in [6.07, 6.45) is 1.17. The van der Waals surface area contributed by atoms with Crippen LogP contribution in [-0.2, 0) is 16.4 Å². The van der Waals surface area contributed by atoms with Crippen molar-refractivity contribution in [3.63, 3.8) is 0 Å². The molecular weight excluding hydrogens is 288 g/mol. The number of aryl methyl sites for hydroxylation is 1. The molecule has 0 unspecified atom stereocenters. The van der Waals surface area contributed by atoms with Crippen LogP contribution in [0.2, 0.25) is 0 Å². The highest BCUT2D eigenvalue weighted by atomic mass is 32.2. The van der Waals surface area contributed by atoms with Crippen LogP contribution in [0, 0.1) is 6.92 Å². The van der Waals surface area contributed by atoms with Gasteiger partial charge < -0.3 is 10.1 Å². The second-order valence-corrected chi connectivity index (χ2v) is 6.85. The molecule has 1 N–H and O–H groups in total. The smallest absolute Gasteiger partial charge is 0.219 e. The molecule has 112 valence electrons. The number of nitrogens with one attached hydrogen (secondary N) is 1. The van der Waals surface area contributed by atoms with E-state index in [1.54, 1.807) is 12.1 Å². The van der Waals surface area contributed by atoms with Crippen LogP contribution in [0.5, 0.6) is 11.6 Å². The van der Waals surface area contributed by atoms with E-state index in [-0.39, 0.29) is 4.90 Å². The number of benzene rings is 1. The molecule has 2 aromatic rings. The summed E-state index contributed by atoms with van der Waals surface area (Å²) in [6.45, 7) is 2.60. The van der Waals surface area contributed by atoms with Gasteiger partial charge >= 0.3 is 0 Å². The van der Waals surface area contributed by atoms with Gasteiger partial charge in [-0.2, -0.15) is 0 Å². The molecule has 6 heteroatoms. The van der Waals surface area contributed by atoms with Gasteiger partial charge in [0.25, 0.3) is 0 Å². The quantitative estimate of drug-likeness (QED) is 0.918. The summed E-state index contributed by atoms with van der Waals surface area (Å²) < 4.78 is 28.8. The monoisotopic (exact) mass is 306 g/mol. The average molecular weight is 306 g/mol. The fourth-order valence-corrected chi connectivity index (χ4v) is 2.61. The number of sulfone groups is 1. The Morgan fingerprint density at radius 2 is 2.00 bits per heavy atom. The zero-order chi connectivity index (χ0) is 15.5. The van der Waals surface area contributed by atoms with E-state index in [2.05, 4.69) is 10.3 Å². The van der Waals surface area contributed by atoms with E-state index in [1.165, 1.54) is 18.4 Å². The van der Waals surface area contributed by atoms with Crippen molar-refractivity contribution < 1.29 is 13.2 Å². The first kappa shape index (κ1) is 15.5. The van der Waals surface area contributed by atoms with E-state index in [0.717, 1.165) is 11.3 Å². The van der Waals surface area contributed by atoms with Gasteiger partial charge in [0, 0.05) is 24.6 Å². The Morgan fingerprint density at radius 3 is 2.67 bits per heavy atom. The lowest BCUT2D eigenvalue weighted by atomic mass is 10.2. The van der Waals surface area contributed by atoms with Crippen LogP contribution in [0.15, 0.2) is 41.3 Å². The maximum Gasteiger partial charge on any atom is 0.219 e. The molecule has 0 saturated heterocycles. The van der Waals surface area contributed by atoms with Crippen molar-refractivity contribution in [3.8, 4) is 11.6 Å². The molecule has 0 aliphatic rings. The number of ether oxygens (including phenoxy) is 1. The molecule has 1 heterocycles. The highest BCUT2D eigenvalue weighted by Crippen LogP contribution is 2.23. The first-order chi connectivity index (χ1) is 9.88. The van der Waals surface area contributed by atoms with E-state index >= 15 is 0 Å². The molecular formula is C15H18N2O3S. The fraction of sp³-hybridized carbons (Fsp3) is 0.267. The number of rotatable bonds is 5. The molecule has 0 bridgehead atoms. The third kappa shape index (κ3) is 4.27. The molecule has 0 aliphatic heterocycles. The summed E-state index contributed by atoms with van der Waals surface area (Å²) in [4.78, 5) is 4.53. The van der Waals surface area contributed by atoms with Crippen LogP contribution in [-0.4, -0.2) is 26.7 Å². The lowest BCUT2D eigenvalue weighted by Crippen LogP contribution is -2.06. The third-order valence-electron chi connectivity index (χ3n) is 2.83. The molecule has 21 heavy (non-hydrogen) atoms. The normalized spacial score (nSPS) is 11.4. The van der Waals surface area contributed by atoms with Gasteiger partial charge in [0.05, 0.1) is 4.90 Å². The Balaban J connectivity index is 2.30. The molecule has 0 aliphatic carbocycles. The highest BCUT2D eigenvalue weighted by Gasteiger charge is 2.09. The second kappa shape index (κ2) is 6.24. The van der Waals surface area contributed by atoms with Crippen LogP contribution in [0.4, 0.5) is 0 Å². The maximum absolute atomic E-state index is 11.6. The van der Waals surface area contributed by atoms with Gasteiger partial charge in [0.1, 0.15) is 5.75 Å². The van der Waals surface area contributed by atoms with E-state index in [0.29, 0.717) is 18.2 Å². The van der Waals surface area contributed by atoms with E-state index in [9.17, 15) is 8.42 Å². The molecule has 0 amide bonds. The first-order valence-corrected chi connectivity index (χ1v) is 8.38. The number of aromatic nitrogens is 1. The molecule has 0 fully saturated rings. The predicted octanol–water partition coefficient (Wildman–Crippen LogP) is 2.31. The van der Waals surface area contributed by atoms with Crippen molar-refractivity contribution in [1.29, 1.82) is 0 Å². The Bertz CT molecular complexity index is 742. The zero-order valence-electron chi connectivity index (χ0n) is 12.3. The lowest BCUT2D eigenvalue weighted by molar-refractivity contribution is 0.459. The third-order valence-corrected chi connectivity index (χ3v) is 3.94. The fourth-order valence-electron chi connectivity index (χ4n) is 1.95. The molecule has 0 spiro atoms. The Morgan fingerprint density at radius 1 is 1.24 bits per heavy atom. The van der Waals surface area contributed by atoms with Gasteiger partial charge in [-0.1, -0.05) is 6.07 Å². The van der Waals surface area contributed by atoms with Gasteiger partial charge in [-0.25, -0.2) is 13.4 Å². The minimum absolute atomic E-state index is 0.225. The Hall–Kier alpha value is -1.92. The predicted molar refractivity (Wildman–Crippen MR) is 81.4 cm³/mol. The Kier molecular flexibility index (Phi) is 4.59. The summed E-state index contributed by atoms with van der Waals surface area (Å²) in [6, 6.07) is 10.2. The first-order valence-electron chi connectivity index (χ1n) is 6.48.